The van der Waals surface area contributed by atoms with Crippen molar-refractivity contribution in [1.82, 2.24) is 10.3 Å². The SMILES string of the molecule is Cc1nc(C(C)NCCOCCC(C)C)cs1. The van der Waals surface area contributed by atoms with E-state index in [0.717, 1.165) is 42.8 Å². The Morgan fingerprint density at radius 1 is 1.35 bits per heavy atom. The predicted molar refractivity (Wildman–Crippen MR) is 73.5 cm³/mol. The number of aryl methyl sites for hydroxylation is 1. The summed E-state index contributed by atoms with van der Waals surface area (Å²) in [4.78, 5) is 4.46. The first-order valence-electron chi connectivity index (χ1n) is 6.32. The van der Waals surface area contributed by atoms with Crippen LogP contribution < -0.4 is 5.32 Å². The molecule has 1 aromatic heterocycles. The molecule has 98 valence electrons. The fraction of sp³-hybridized carbons (Fsp3) is 0.769. The van der Waals surface area contributed by atoms with Crippen LogP contribution in [0.2, 0.25) is 0 Å². The van der Waals surface area contributed by atoms with Crippen molar-refractivity contribution in [2.75, 3.05) is 19.8 Å². The topological polar surface area (TPSA) is 34.2 Å². The van der Waals surface area contributed by atoms with E-state index in [9.17, 15) is 0 Å². The van der Waals surface area contributed by atoms with E-state index >= 15 is 0 Å². The van der Waals surface area contributed by atoms with Crippen molar-refractivity contribution in [3.05, 3.63) is 16.1 Å². The van der Waals surface area contributed by atoms with Gasteiger partial charge in [-0.25, -0.2) is 4.98 Å². The van der Waals surface area contributed by atoms with Crippen LogP contribution in [0.25, 0.3) is 0 Å². The molecule has 17 heavy (non-hydrogen) atoms. The van der Waals surface area contributed by atoms with Crippen LogP contribution in [0.5, 0.6) is 0 Å². The molecule has 1 atom stereocenters. The molecule has 1 rings (SSSR count). The van der Waals surface area contributed by atoms with Gasteiger partial charge in [0.1, 0.15) is 0 Å². The maximum absolute atomic E-state index is 5.56. The summed E-state index contributed by atoms with van der Waals surface area (Å²) in [7, 11) is 0. The Kier molecular flexibility index (Phi) is 6.70. The van der Waals surface area contributed by atoms with Gasteiger partial charge in [-0.05, 0) is 26.2 Å². The van der Waals surface area contributed by atoms with Crippen molar-refractivity contribution >= 4 is 11.3 Å². The number of hydrogen-bond donors (Lipinski definition) is 1. The highest BCUT2D eigenvalue weighted by atomic mass is 32.1. The second-order valence-corrected chi connectivity index (χ2v) is 5.82. The zero-order valence-corrected chi connectivity index (χ0v) is 12.1. The van der Waals surface area contributed by atoms with E-state index in [1.54, 1.807) is 11.3 Å². The molecule has 0 aliphatic rings. The zero-order valence-electron chi connectivity index (χ0n) is 11.3. The summed E-state index contributed by atoms with van der Waals surface area (Å²) in [5, 5.41) is 6.66. The molecule has 1 aromatic rings. The lowest BCUT2D eigenvalue weighted by Crippen LogP contribution is -2.23. The summed E-state index contributed by atoms with van der Waals surface area (Å²) in [6, 6.07) is 0.314. The van der Waals surface area contributed by atoms with Gasteiger partial charge in [0, 0.05) is 24.6 Å². The number of aromatic nitrogens is 1. The number of ether oxygens (including phenoxy) is 1. The Morgan fingerprint density at radius 3 is 2.71 bits per heavy atom. The molecule has 0 spiro atoms. The molecule has 4 heteroatoms. The van der Waals surface area contributed by atoms with E-state index in [-0.39, 0.29) is 0 Å². The molecule has 0 bridgehead atoms. The lowest BCUT2D eigenvalue weighted by Gasteiger charge is -2.12. The lowest BCUT2D eigenvalue weighted by atomic mass is 10.1. The number of thiazole rings is 1. The first kappa shape index (κ1) is 14.6. The Hall–Kier alpha value is -0.450. The van der Waals surface area contributed by atoms with Crippen molar-refractivity contribution < 1.29 is 4.74 Å². The predicted octanol–water partition coefficient (Wildman–Crippen LogP) is 3.16. The molecule has 0 aliphatic heterocycles. The van der Waals surface area contributed by atoms with Gasteiger partial charge in [0.25, 0.3) is 0 Å². The molecular formula is C13H24N2OS. The maximum Gasteiger partial charge on any atom is 0.0898 e. The summed E-state index contributed by atoms with van der Waals surface area (Å²) in [5.41, 5.74) is 1.13. The average Bonchev–Trinajstić information content (AvgIpc) is 2.69. The highest BCUT2D eigenvalue weighted by Crippen LogP contribution is 2.15. The van der Waals surface area contributed by atoms with Crippen molar-refractivity contribution in [1.29, 1.82) is 0 Å². The fourth-order valence-corrected chi connectivity index (χ4v) is 2.16. The number of nitrogens with one attached hydrogen (secondary N) is 1. The molecule has 0 saturated carbocycles. The Balaban J connectivity index is 2.06. The third-order valence-corrected chi connectivity index (χ3v) is 3.41. The highest BCUT2D eigenvalue weighted by Gasteiger charge is 2.07. The van der Waals surface area contributed by atoms with Crippen LogP contribution in [0.15, 0.2) is 5.38 Å². The van der Waals surface area contributed by atoms with E-state index in [0.29, 0.717) is 6.04 Å². The van der Waals surface area contributed by atoms with Gasteiger partial charge >= 0.3 is 0 Å². The van der Waals surface area contributed by atoms with Gasteiger partial charge in [0.15, 0.2) is 0 Å². The summed E-state index contributed by atoms with van der Waals surface area (Å²) in [6.45, 7) is 11.1. The lowest BCUT2D eigenvalue weighted by molar-refractivity contribution is 0.123. The molecule has 0 radical (unpaired) electrons. The van der Waals surface area contributed by atoms with Gasteiger partial charge in [0.2, 0.25) is 0 Å². The minimum Gasteiger partial charge on any atom is -0.380 e. The number of hydrogen-bond acceptors (Lipinski definition) is 4. The van der Waals surface area contributed by atoms with Gasteiger partial charge in [-0.2, -0.15) is 0 Å². The van der Waals surface area contributed by atoms with E-state index < -0.39 is 0 Å². The van der Waals surface area contributed by atoms with Crippen LogP contribution in [-0.4, -0.2) is 24.7 Å². The molecule has 0 fully saturated rings. The summed E-state index contributed by atoms with van der Waals surface area (Å²) >= 11 is 1.70. The monoisotopic (exact) mass is 256 g/mol. The van der Waals surface area contributed by atoms with Crippen LogP contribution >= 0.6 is 11.3 Å². The molecular weight excluding hydrogens is 232 g/mol. The maximum atomic E-state index is 5.56. The molecule has 1 unspecified atom stereocenters. The van der Waals surface area contributed by atoms with Crippen molar-refractivity contribution in [3.8, 4) is 0 Å². The second-order valence-electron chi connectivity index (χ2n) is 4.76. The minimum absolute atomic E-state index is 0.314. The average molecular weight is 256 g/mol. The van der Waals surface area contributed by atoms with Crippen LogP contribution in [0.4, 0.5) is 0 Å². The van der Waals surface area contributed by atoms with Crippen molar-refractivity contribution in [2.24, 2.45) is 5.92 Å². The van der Waals surface area contributed by atoms with E-state index in [4.69, 9.17) is 4.74 Å². The first-order valence-corrected chi connectivity index (χ1v) is 7.20. The quantitative estimate of drug-likeness (QED) is 0.725. The third kappa shape index (κ3) is 6.15. The Bertz CT molecular complexity index is 312. The smallest absolute Gasteiger partial charge is 0.0898 e. The minimum atomic E-state index is 0.314. The van der Waals surface area contributed by atoms with Crippen LogP contribution in [0.3, 0.4) is 0 Å². The molecule has 0 amide bonds. The van der Waals surface area contributed by atoms with Gasteiger partial charge in [0.05, 0.1) is 17.3 Å². The van der Waals surface area contributed by atoms with Crippen LogP contribution in [0.1, 0.15) is 43.9 Å². The largest absolute Gasteiger partial charge is 0.380 e. The highest BCUT2D eigenvalue weighted by molar-refractivity contribution is 7.09. The standard InChI is InChI=1S/C13H24N2OS/c1-10(2)5-7-16-8-6-14-11(3)13-9-17-12(4)15-13/h9-11,14H,5-8H2,1-4H3. The molecule has 1 heterocycles. The molecule has 1 N–H and O–H groups in total. The molecule has 0 aromatic carbocycles. The van der Waals surface area contributed by atoms with Crippen molar-refractivity contribution in [3.63, 3.8) is 0 Å². The normalized spacial score (nSPS) is 13.2. The second kappa shape index (κ2) is 7.80. The fourth-order valence-electron chi connectivity index (χ4n) is 1.45. The number of rotatable bonds is 8. The number of nitrogens with zero attached hydrogens (tertiary/aromatic N) is 1. The Morgan fingerprint density at radius 2 is 2.12 bits per heavy atom. The molecule has 0 aliphatic carbocycles. The van der Waals surface area contributed by atoms with E-state index in [1.807, 2.05) is 6.92 Å². The van der Waals surface area contributed by atoms with Gasteiger partial charge < -0.3 is 10.1 Å². The molecule has 0 saturated heterocycles. The summed E-state index contributed by atoms with van der Waals surface area (Å²) < 4.78 is 5.56. The van der Waals surface area contributed by atoms with Gasteiger partial charge in [-0.3, -0.25) is 0 Å². The van der Waals surface area contributed by atoms with Gasteiger partial charge in [-0.1, -0.05) is 13.8 Å². The zero-order chi connectivity index (χ0) is 12.7. The van der Waals surface area contributed by atoms with E-state index in [1.165, 1.54) is 0 Å². The summed E-state index contributed by atoms with van der Waals surface area (Å²) in [5.74, 6) is 0.722. The third-order valence-electron chi connectivity index (χ3n) is 2.62. The first-order chi connectivity index (χ1) is 8.09. The summed E-state index contributed by atoms with van der Waals surface area (Å²) in [6.07, 6.45) is 1.14. The Labute approximate surface area is 109 Å². The van der Waals surface area contributed by atoms with E-state index in [2.05, 4.69) is 36.5 Å². The molecule has 3 nitrogen and oxygen atoms in total. The van der Waals surface area contributed by atoms with Crippen LogP contribution in [-0.2, 0) is 4.74 Å². The van der Waals surface area contributed by atoms with Crippen molar-refractivity contribution in [2.45, 2.75) is 40.2 Å². The van der Waals surface area contributed by atoms with Gasteiger partial charge in [-0.15, -0.1) is 11.3 Å². The van der Waals surface area contributed by atoms with Crippen LogP contribution in [0, 0.1) is 12.8 Å².